The van der Waals surface area contributed by atoms with Gasteiger partial charge in [-0.25, -0.2) is 14.1 Å². The van der Waals surface area contributed by atoms with Crippen molar-refractivity contribution in [3.8, 4) is 0 Å². The van der Waals surface area contributed by atoms with Crippen LogP contribution in [0, 0.1) is 11.7 Å². The summed E-state index contributed by atoms with van der Waals surface area (Å²) in [7, 11) is 1.65. The molecule has 110 valence electrons. The Morgan fingerprint density at radius 2 is 2.20 bits per heavy atom. The van der Waals surface area contributed by atoms with E-state index in [2.05, 4.69) is 11.9 Å². The summed E-state index contributed by atoms with van der Waals surface area (Å²) < 4.78 is 30.8. The Morgan fingerprint density at radius 1 is 1.45 bits per heavy atom. The van der Waals surface area contributed by atoms with Crippen molar-refractivity contribution in [2.45, 2.75) is 19.4 Å². The van der Waals surface area contributed by atoms with Gasteiger partial charge in [-0.1, -0.05) is 6.92 Å². The summed E-state index contributed by atoms with van der Waals surface area (Å²) in [5.41, 5.74) is 0.248. The number of anilines is 1. The Balaban J connectivity index is 2.23. The number of halogens is 2. The third-order valence-corrected chi connectivity index (χ3v) is 3.80. The van der Waals surface area contributed by atoms with Gasteiger partial charge in [0.25, 0.3) is 0 Å². The van der Waals surface area contributed by atoms with Gasteiger partial charge in [-0.3, -0.25) is 0 Å². The van der Waals surface area contributed by atoms with Gasteiger partial charge in [0.15, 0.2) is 0 Å². The first-order valence-corrected chi connectivity index (χ1v) is 6.47. The molecule has 2 atom stereocenters. The normalized spacial score (nSPS) is 22.7. The predicted molar refractivity (Wildman–Crippen MR) is 69.7 cm³/mol. The van der Waals surface area contributed by atoms with E-state index in [1.54, 1.807) is 13.2 Å². The van der Waals surface area contributed by atoms with Gasteiger partial charge in [-0.15, -0.1) is 0 Å². The fourth-order valence-electron chi connectivity index (χ4n) is 2.48. The number of benzene rings is 1. The minimum Gasteiger partial charge on any atom is -0.379 e. The highest BCUT2D eigenvalue weighted by molar-refractivity contribution is 5.90. The maximum absolute atomic E-state index is 13.5. The van der Waals surface area contributed by atoms with E-state index in [1.807, 2.05) is 4.90 Å². The summed E-state index contributed by atoms with van der Waals surface area (Å²) in [6.45, 7) is 3.53. The van der Waals surface area contributed by atoms with Gasteiger partial charge in [0.05, 0.1) is 6.10 Å². The minimum atomic E-state index is -1.32. The Kier molecular flexibility index (Phi) is 4.54. The number of ether oxygens (including phenoxy) is 1. The molecule has 0 unspecified atom stereocenters. The van der Waals surface area contributed by atoms with Gasteiger partial charge < -0.3 is 9.64 Å². The zero-order chi connectivity index (χ0) is 14.7. The molecule has 0 aliphatic carbocycles. The van der Waals surface area contributed by atoms with Crippen LogP contribution in [0.3, 0.4) is 0 Å². The number of piperidine rings is 1. The number of rotatable bonds is 3. The summed E-state index contributed by atoms with van der Waals surface area (Å²) in [6, 6.07) is 4.01. The number of carbonyl (C=O) groups excluding carboxylic acids is 1. The van der Waals surface area contributed by atoms with Crippen molar-refractivity contribution in [1.29, 1.82) is 0 Å². The molecule has 0 aromatic heterocycles. The number of hydrogen-bond donors (Lipinski definition) is 0. The Labute approximate surface area is 116 Å². The highest BCUT2D eigenvalue weighted by Gasteiger charge is 2.27. The van der Waals surface area contributed by atoms with Gasteiger partial charge >= 0.3 is 5.97 Å². The summed E-state index contributed by atoms with van der Waals surface area (Å²) in [4.78, 5) is 16.2. The molecular formula is C14H17F2NO3. The van der Waals surface area contributed by atoms with Crippen LogP contribution in [-0.4, -0.2) is 32.3 Å². The van der Waals surface area contributed by atoms with E-state index in [0.717, 1.165) is 19.0 Å². The SMILES string of the molecule is CO[C@H]1CN(c2ccc(F)c(C(=O)OF)c2)CC[C@H]1C. The van der Waals surface area contributed by atoms with Crippen LogP contribution in [0.15, 0.2) is 18.2 Å². The third-order valence-electron chi connectivity index (χ3n) is 3.80. The molecule has 1 aliphatic heterocycles. The topological polar surface area (TPSA) is 38.8 Å². The van der Waals surface area contributed by atoms with E-state index in [9.17, 15) is 13.7 Å². The second kappa shape index (κ2) is 6.17. The molecule has 1 fully saturated rings. The van der Waals surface area contributed by atoms with Gasteiger partial charge in [0, 0.05) is 30.4 Å². The first-order valence-electron chi connectivity index (χ1n) is 6.47. The van der Waals surface area contributed by atoms with Gasteiger partial charge in [0.2, 0.25) is 0 Å². The van der Waals surface area contributed by atoms with Crippen molar-refractivity contribution < 1.29 is 23.4 Å². The second-order valence-electron chi connectivity index (χ2n) is 5.01. The highest BCUT2D eigenvalue weighted by atomic mass is 19.3. The molecule has 2 rings (SSSR count). The number of carbonyl (C=O) groups is 1. The first-order chi connectivity index (χ1) is 9.56. The second-order valence-corrected chi connectivity index (χ2v) is 5.01. The van der Waals surface area contributed by atoms with Crippen LogP contribution in [-0.2, 0) is 9.68 Å². The maximum Gasteiger partial charge on any atom is 0.382 e. The number of nitrogens with zero attached hydrogens (tertiary/aromatic N) is 1. The van der Waals surface area contributed by atoms with E-state index in [1.165, 1.54) is 6.07 Å². The quantitative estimate of drug-likeness (QED) is 0.856. The van der Waals surface area contributed by atoms with Crippen LogP contribution in [0.4, 0.5) is 14.6 Å². The Bertz CT molecular complexity index is 495. The lowest BCUT2D eigenvalue weighted by molar-refractivity contribution is -0.0791. The van der Waals surface area contributed by atoms with E-state index in [-0.39, 0.29) is 6.10 Å². The number of methoxy groups -OCH3 is 1. The van der Waals surface area contributed by atoms with Crippen LogP contribution < -0.4 is 4.90 Å². The molecule has 0 N–H and O–H groups in total. The lowest BCUT2D eigenvalue weighted by atomic mass is 9.95. The molecule has 1 heterocycles. The zero-order valence-electron chi connectivity index (χ0n) is 11.4. The molecule has 0 bridgehead atoms. The monoisotopic (exact) mass is 285 g/mol. The molecule has 4 nitrogen and oxygen atoms in total. The molecule has 0 saturated carbocycles. The third kappa shape index (κ3) is 2.90. The predicted octanol–water partition coefficient (Wildman–Crippen LogP) is 2.73. The Morgan fingerprint density at radius 3 is 2.85 bits per heavy atom. The van der Waals surface area contributed by atoms with Gasteiger partial charge in [0.1, 0.15) is 11.4 Å². The van der Waals surface area contributed by atoms with Crippen molar-refractivity contribution in [1.82, 2.24) is 0 Å². The lowest BCUT2D eigenvalue weighted by Crippen LogP contribution is -2.44. The fraction of sp³-hybridized carbons (Fsp3) is 0.500. The Hall–Kier alpha value is -1.69. The largest absolute Gasteiger partial charge is 0.382 e. The number of hydrogen-bond acceptors (Lipinski definition) is 4. The van der Waals surface area contributed by atoms with Gasteiger partial charge in [-0.05, 0) is 30.5 Å². The maximum atomic E-state index is 13.5. The molecule has 1 aromatic rings. The van der Waals surface area contributed by atoms with Crippen LogP contribution >= 0.6 is 0 Å². The first kappa shape index (κ1) is 14.7. The van der Waals surface area contributed by atoms with Gasteiger partial charge in [-0.2, -0.15) is 0 Å². The molecule has 1 saturated heterocycles. The molecule has 6 heteroatoms. The van der Waals surface area contributed by atoms with Crippen LogP contribution in [0.2, 0.25) is 0 Å². The minimum absolute atomic E-state index is 0.0744. The molecule has 0 amide bonds. The summed E-state index contributed by atoms with van der Waals surface area (Å²) in [6.07, 6.45) is 1.00. The molecular weight excluding hydrogens is 268 g/mol. The smallest absolute Gasteiger partial charge is 0.379 e. The van der Waals surface area contributed by atoms with Crippen molar-refractivity contribution in [3.63, 3.8) is 0 Å². The lowest BCUT2D eigenvalue weighted by Gasteiger charge is -2.37. The van der Waals surface area contributed by atoms with Crippen LogP contribution in [0.25, 0.3) is 0 Å². The summed E-state index contributed by atoms with van der Waals surface area (Å²) in [5.74, 6) is -1.69. The van der Waals surface area contributed by atoms with Crippen LogP contribution in [0.1, 0.15) is 23.7 Å². The fourth-order valence-corrected chi connectivity index (χ4v) is 2.48. The van der Waals surface area contributed by atoms with Crippen molar-refractivity contribution in [2.24, 2.45) is 5.92 Å². The average Bonchev–Trinajstić information content (AvgIpc) is 2.47. The molecule has 20 heavy (non-hydrogen) atoms. The van der Waals surface area contributed by atoms with Crippen molar-refractivity contribution in [2.75, 3.05) is 25.1 Å². The van der Waals surface area contributed by atoms with E-state index in [0.29, 0.717) is 18.2 Å². The van der Waals surface area contributed by atoms with E-state index >= 15 is 0 Å². The molecule has 1 aromatic carbocycles. The molecule has 0 spiro atoms. The van der Waals surface area contributed by atoms with E-state index < -0.39 is 17.3 Å². The van der Waals surface area contributed by atoms with Crippen molar-refractivity contribution >= 4 is 11.7 Å². The average molecular weight is 285 g/mol. The standard InChI is InChI=1S/C14H17F2NO3/c1-9-5-6-17(8-13(9)19-2)10-3-4-12(15)11(7-10)14(18)20-16/h3-4,7,9,13H,5-6,8H2,1-2H3/t9-,13+/m1/s1. The summed E-state index contributed by atoms with van der Waals surface area (Å²) >= 11 is 0. The zero-order valence-corrected chi connectivity index (χ0v) is 11.4. The molecule has 0 radical (unpaired) electrons. The van der Waals surface area contributed by atoms with Crippen LogP contribution in [0.5, 0.6) is 0 Å². The molecule has 1 aliphatic rings. The van der Waals surface area contributed by atoms with E-state index in [4.69, 9.17) is 4.74 Å². The van der Waals surface area contributed by atoms with Crippen molar-refractivity contribution in [3.05, 3.63) is 29.6 Å². The summed E-state index contributed by atoms with van der Waals surface area (Å²) in [5, 5.41) is 0. The highest BCUT2D eigenvalue weighted by Crippen LogP contribution is 2.26.